The summed E-state index contributed by atoms with van der Waals surface area (Å²) in [7, 11) is 0. The molecule has 3 rings (SSSR count). The molecule has 1 saturated carbocycles. The fourth-order valence-electron chi connectivity index (χ4n) is 4.94. The lowest BCUT2D eigenvalue weighted by Gasteiger charge is -2.36. The molecule has 0 amide bonds. The number of aliphatic hydroxyl groups is 2. The molecule has 0 unspecified atom stereocenters. The second-order valence-corrected chi connectivity index (χ2v) is 8.28. The summed E-state index contributed by atoms with van der Waals surface area (Å²) >= 11 is 0. The van der Waals surface area contributed by atoms with Gasteiger partial charge in [-0.1, -0.05) is 33.8 Å². The Morgan fingerprint density at radius 3 is 2.50 bits per heavy atom. The van der Waals surface area contributed by atoms with Gasteiger partial charge in [-0.15, -0.1) is 0 Å². The Kier molecular flexibility index (Phi) is 3.87. The summed E-state index contributed by atoms with van der Waals surface area (Å²) in [5, 5.41) is 19.7. The van der Waals surface area contributed by atoms with Crippen LogP contribution >= 0.6 is 0 Å². The van der Waals surface area contributed by atoms with E-state index in [4.69, 9.17) is 0 Å². The molecule has 4 nitrogen and oxygen atoms in total. The van der Waals surface area contributed by atoms with Crippen molar-refractivity contribution < 1.29 is 19.8 Å². The number of ketones is 2. The summed E-state index contributed by atoms with van der Waals surface area (Å²) < 4.78 is 0. The summed E-state index contributed by atoms with van der Waals surface area (Å²) in [5.41, 5.74) is 0.956. The lowest BCUT2D eigenvalue weighted by atomic mass is 9.67. The van der Waals surface area contributed by atoms with Gasteiger partial charge in [0.25, 0.3) is 0 Å². The van der Waals surface area contributed by atoms with Gasteiger partial charge in [-0.3, -0.25) is 9.59 Å². The standard InChI is InChI=1S/C20H26O4/c1-11(2)13-8-16(22)15-7-14-12(10-21)18(24)17(23)9-19(14,3)5-6-20(13,15)4/h7,9,11,13,21,23H,5-6,8,10H2,1-4H3/t13-,19-,20-/m1/s1. The Balaban J connectivity index is 2.22. The third kappa shape index (κ3) is 2.23. The molecule has 130 valence electrons. The monoisotopic (exact) mass is 330 g/mol. The van der Waals surface area contributed by atoms with Gasteiger partial charge in [0.1, 0.15) is 0 Å². The Hall–Kier alpha value is -1.68. The minimum Gasteiger partial charge on any atom is -0.504 e. The second kappa shape index (κ2) is 5.41. The van der Waals surface area contributed by atoms with Crippen LogP contribution in [0.4, 0.5) is 0 Å². The van der Waals surface area contributed by atoms with Crippen LogP contribution in [0.1, 0.15) is 47.0 Å². The number of rotatable bonds is 2. The van der Waals surface area contributed by atoms with Crippen molar-refractivity contribution in [2.24, 2.45) is 22.7 Å². The first-order valence-corrected chi connectivity index (χ1v) is 8.70. The molecular formula is C20H26O4. The van der Waals surface area contributed by atoms with Crippen LogP contribution in [0, 0.1) is 22.7 Å². The van der Waals surface area contributed by atoms with Crippen LogP contribution < -0.4 is 0 Å². The number of allylic oxidation sites excluding steroid dienone is 5. The lowest BCUT2D eigenvalue weighted by molar-refractivity contribution is -0.116. The number of hydrogen-bond donors (Lipinski definition) is 2. The number of hydrogen-bond acceptors (Lipinski definition) is 4. The van der Waals surface area contributed by atoms with E-state index in [0.29, 0.717) is 17.9 Å². The summed E-state index contributed by atoms with van der Waals surface area (Å²) in [4.78, 5) is 24.9. The van der Waals surface area contributed by atoms with Crippen molar-refractivity contribution in [2.75, 3.05) is 6.61 Å². The highest BCUT2D eigenvalue weighted by molar-refractivity contribution is 6.09. The van der Waals surface area contributed by atoms with Gasteiger partial charge < -0.3 is 10.2 Å². The van der Waals surface area contributed by atoms with Crippen LogP contribution in [0.3, 0.4) is 0 Å². The Bertz CT molecular complexity index is 709. The smallest absolute Gasteiger partial charge is 0.225 e. The number of fused-ring (bicyclic) bond motifs is 2. The largest absolute Gasteiger partial charge is 0.504 e. The van der Waals surface area contributed by atoms with E-state index in [2.05, 4.69) is 20.8 Å². The summed E-state index contributed by atoms with van der Waals surface area (Å²) in [6, 6.07) is 0. The van der Waals surface area contributed by atoms with E-state index in [9.17, 15) is 19.8 Å². The second-order valence-electron chi connectivity index (χ2n) is 8.28. The summed E-state index contributed by atoms with van der Waals surface area (Å²) in [6.07, 6.45) is 5.55. The van der Waals surface area contributed by atoms with Crippen molar-refractivity contribution in [1.82, 2.24) is 0 Å². The van der Waals surface area contributed by atoms with Crippen LogP contribution in [0.5, 0.6) is 0 Å². The van der Waals surface area contributed by atoms with Gasteiger partial charge in [0.15, 0.2) is 11.5 Å². The zero-order valence-electron chi connectivity index (χ0n) is 14.8. The van der Waals surface area contributed by atoms with Crippen molar-refractivity contribution in [1.29, 1.82) is 0 Å². The molecule has 0 aromatic rings. The first-order valence-electron chi connectivity index (χ1n) is 8.70. The fourth-order valence-corrected chi connectivity index (χ4v) is 4.94. The molecule has 3 atom stereocenters. The molecule has 0 saturated heterocycles. The van der Waals surface area contributed by atoms with Gasteiger partial charge in [-0.25, -0.2) is 0 Å². The molecule has 3 aliphatic rings. The highest BCUT2D eigenvalue weighted by Gasteiger charge is 2.52. The SMILES string of the molecule is CC(C)[C@H]1CC(=O)C2=CC3=C(CO)C(=O)C(O)=C[C@@]3(C)CC[C@@]21C. The molecule has 4 heteroatoms. The molecule has 0 aromatic carbocycles. The molecule has 0 aliphatic heterocycles. The molecule has 3 aliphatic carbocycles. The first kappa shape index (κ1) is 17.2. The average molecular weight is 330 g/mol. The number of aliphatic hydroxyl groups excluding tert-OH is 2. The van der Waals surface area contributed by atoms with Crippen LogP contribution in [0.2, 0.25) is 0 Å². The molecule has 0 bridgehead atoms. The quantitative estimate of drug-likeness (QED) is 0.815. The van der Waals surface area contributed by atoms with Crippen LogP contribution in [-0.4, -0.2) is 28.4 Å². The third-order valence-corrected chi connectivity index (χ3v) is 6.46. The first-order chi connectivity index (χ1) is 11.1. The van der Waals surface area contributed by atoms with Crippen LogP contribution in [-0.2, 0) is 9.59 Å². The summed E-state index contributed by atoms with van der Waals surface area (Å²) in [5.74, 6) is 0.00139. The van der Waals surface area contributed by atoms with Gasteiger partial charge in [0.2, 0.25) is 5.78 Å². The number of Topliss-reactive ketones (excluding diaryl/α,β-unsaturated/α-hetero) is 2. The molecule has 24 heavy (non-hydrogen) atoms. The Labute approximate surface area is 142 Å². The Morgan fingerprint density at radius 2 is 1.92 bits per heavy atom. The average Bonchev–Trinajstić information content (AvgIpc) is 2.69. The van der Waals surface area contributed by atoms with E-state index in [1.165, 1.54) is 0 Å². The van der Waals surface area contributed by atoms with Crippen LogP contribution in [0.15, 0.2) is 34.6 Å². The van der Waals surface area contributed by atoms with E-state index < -0.39 is 17.8 Å². The molecule has 2 N–H and O–H groups in total. The van der Waals surface area contributed by atoms with Crippen molar-refractivity contribution in [3.8, 4) is 0 Å². The fraction of sp³-hybridized carbons (Fsp3) is 0.600. The van der Waals surface area contributed by atoms with Crippen LogP contribution in [0.25, 0.3) is 0 Å². The molecular weight excluding hydrogens is 304 g/mol. The number of carbonyl (C=O) groups is 2. The zero-order chi connectivity index (χ0) is 17.9. The maximum Gasteiger partial charge on any atom is 0.225 e. The Morgan fingerprint density at radius 1 is 1.25 bits per heavy atom. The summed E-state index contributed by atoms with van der Waals surface area (Å²) in [6.45, 7) is 8.00. The molecule has 0 spiro atoms. The maximum atomic E-state index is 12.7. The predicted molar refractivity (Wildman–Crippen MR) is 91.3 cm³/mol. The van der Waals surface area contributed by atoms with Gasteiger partial charge in [-0.2, -0.15) is 0 Å². The highest BCUT2D eigenvalue weighted by Crippen LogP contribution is 2.57. The number of carbonyl (C=O) groups excluding carboxylic acids is 2. The van der Waals surface area contributed by atoms with Gasteiger partial charge in [0.05, 0.1) is 6.61 Å². The minimum atomic E-state index is -0.531. The van der Waals surface area contributed by atoms with E-state index in [1.807, 2.05) is 13.0 Å². The zero-order valence-corrected chi connectivity index (χ0v) is 14.8. The van der Waals surface area contributed by atoms with Gasteiger partial charge in [0, 0.05) is 23.0 Å². The predicted octanol–water partition coefficient (Wildman–Crippen LogP) is 3.28. The molecule has 0 aromatic heterocycles. The van der Waals surface area contributed by atoms with E-state index in [1.54, 1.807) is 6.08 Å². The highest BCUT2D eigenvalue weighted by atomic mass is 16.3. The third-order valence-electron chi connectivity index (χ3n) is 6.46. The maximum absolute atomic E-state index is 12.7. The lowest BCUT2D eigenvalue weighted by Crippen LogP contribution is -2.30. The normalized spacial score (nSPS) is 36.3. The van der Waals surface area contributed by atoms with Crippen molar-refractivity contribution in [3.05, 3.63) is 34.6 Å². The van der Waals surface area contributed by atoms with E-state index in [0.717, 1.165) is 18.4 Å². The van der Waals surface area contributed by atoms with Crippen molar-refractivity contribution >= 4 is 11.6 Å². The topological polar surface area (TPSA) is 74.6 Å². The van der Waals surface area contributed by atoms with Crippen molar-refractivity contribution in [2.45, 2.75) is 47.0 Å². The molecule has 1 fully saturated rings. The van der Waals surface area contributed by atoms with E-state index in [-0.39, 0.29) is 28.4 Å². The molecule has 0 heterocycles. The van der Waals surface area contributed by atoms with E-state index >= 15 is 0 Å². The minimum absolute atomic E-state index is 0.150. The molecule has 0 radical (unpaired) electrons. The van der Waals surface area contributed by atoms with Gasteiger partial charge in [-0.05, 0) is 41.7 Å². The van der Waals surface area contributed by atoms with Crippen molar-refractivity contribution in [3.63, 3.8) is 0 Å². The van der Waals surface area contributed by atoms with Gasteiger partial charge >= 0.3 is 0 Å².